The molecular formula is C17H26N4O4. The van der Waals surface area contributed by atoms with E-state index in [9.17, 15) is 14.4 Å². The van der Waals surface area contributed by atoms with E-state index in [4.69, 9.17) is 4.42 Å². The second-order valence-corrected chi connectivity index (χ2v) is 6.22. The van der Waals surface area contributed by atoms with Crippen LogP contribution in [0, 0.1) is 6.92 Å². The van der Waals surface area contributed by atoms with Crippen LogP contribution in [0.25, 0.3) is 0 Å². The molecule has 25 heavy (non-hydrogen) atoms. The maximum Gasteiger partial charge on any atom is 0.321 e. The van der Waals surface area contributed by atoms with Crippen molar-refractivity contribution < 1.29 is 18.8 Å². The standard InChI is InChI=1S/C17H26N4O4/c1-4-18-17(24)20-15(22)12(3)21-9-7-13(8-10-21)19-16(23)14-6-5-11(2)25-14/h5-6,12-13H,4,7-10H2,1-3H3,(H,19,23)(H2,18,20,22,24)/t12-/m0/s1. The van der Waals surface area contributed by atoms with Crippen molar-refractivity contribution in [1.29, 1.82) is 0 Å². The normalized spacial score (nSPS) is 16.9. The number of piperidine rings is 1. The molecule has 0 radical (unpaired) electrons. The fourth-order valence-corrected chi connectivity index (χ4v) is 2.83. The summed E-state index contributed by atoms with van der Waals surface area (Å²) in [5.41, 5.74) is 0. The maximum atomic E-state index is 12.1. The molecule has 2 rings (SSSR count). The molecule has 1 fully saturated rings. The lowest BCUT2D eigenvalue weighted by Crippen LogP contribution is -2.53. The molecule has 0 saturated carbocycles. The number of imide groups is 1. The van der Waals surface area contributed by atoms with Crippen LogP contribution in [-0.2, 0) is 4.79 Å². The minimum absolute atomic E-state index is 0.0489. The number of nitrogens with one attached hydrogen (secondary N) is 3. The summed E-state index contributed by atoms with van der Waals surface area (Å²) in [4.78, 5) is 37.6. The lowest BCUT2D eigenvalue weighted by atomic mass is 10.0. The Morgan fingerprint density at radius 1 is 1.28 bits per heavy atom. The number of furan rings is 1. The zero-order valence-corrected chi connectivity index (χ0v) is 14.9. The molecule has 0 unspecified atom stereocenters. The predicted molar refractivity (Wildman–Crippen MR) is 92.2 cm³/mol. The summed E-state index contributed by atoms with van der Waals surface area (Å²) in [6, 6.07) is 2.59. The van der Waals surface area contributed by atoms with E-state index in [0.717, 1.165) is 12.8 Å². The highest BCUT2D eigenvalue weighted by Crippen LogP contribution is 2.15. The summed E-state index contributed by atoms with van der Waals surface area (Å²) in [6.07, 6.45) is 1.48. The number of aryl methyl sites for hydroxylation is 1. The average molecular weight is 350 g/mol. The van der Waals surface area contributed by atoms with Gasteiger partial charge in [-0.3, -0.25) is 19.8 Å². The van der Waals surface area contributed by atoms with Crippen molar-refractivity contribution in [3.63, 3.8) is 0 Å². The zero-order valence-electron chi connectivity index (χ0n) is 14.9. The zero-order chi connectivity index (χ0) is 18.4. The van der Waals surface area contributed by atoms with Crippen molar-refractivity contribution >= 4 is 17.8 Å². The molecule has 1 aliphatic rings. The Morgan fingerprint density at radius 3 is 2.52 bits per heavy atom. The van der Waals surface area contributed by atoms with Gasteiger partial charge in [-0.2, -0.15) is 0 Å². The first-order valence-electron chi connectivity index (χ1n) is 8.60. The molecule has 1 atom stereocenters. The van der Waals surface area contributed by atoms with Gasteiger partial charge in [-0.25, -0.2) is 4.79 Å². The number of carbonyl (C=O) groups excluding carboxylic acids is 3. The first-order chi connectivity index (χ1) is 11.9. The average Bonchev–Trinajstić information content (AvgIpc) is 3.01. The molecule has 4 amide bonds. The van der Waals surface area contributed by atoms with E-state index in [2.05, 4.69) is 16.0 Å². The van der Waals surface area contributed by atoms with E-state index in [-0.39, 0.29) is 17.9 Å². The molecule has 2 heterocycles. The van der Waals surface area contributed by atoms with E-state index in [1.54, 1.807) is 32.9 Å². The van der Waals surface area contributed by atoms with Gasteiger partial charge in [0.15, 0.2) is 5.76 Å². The molecule has 3 N–H and O–H groups in total. The van der Waals surface area contributed by atoms with Crippen LogP contribution >= 0.6 is 0 Å². The van der Waals surface area contributed by atoms with E-state index < -0.39 is 12.1 Å². The molecule has 8 heteroatoms. The molecule has 1 saturated heterocycles. The van der Waals surface area contributed by atoms with Crippen molar-refractivity contribution in [2.75, 3.05) is 19.6 Å². The van der Waals surface area contributed by atoms with Crippen LogP contribution < -0.4 is 16.0 Å². The fraction of sp³-hybridized carbons (Fsp3) is 0.588. The van der Waals surface area contributed by atoms with Gasteiger partial charge in [0.1, 0.15) is 5.76 Å². The number of carbonyl (C=O) groups is 3. The number of amides is 4. The molecule has 8 nitrogen and oxygen atoms in total. The van der Waals surface area contributed by atoms with Crippen molar-refractivity contribution in [3.05, 3.63) is 23.7 Å². The fourth-order valence-electron chi connectivity index (χ4n) is 2.83. The highest BCUT2D eigenvalue weighted by molar-refractivity contribution is 5.96. The van der Waals surface area contributed by atoms with Crippen LogP contribution in [0.1, 0.15) is 43.0 Å². The molecule has 1 aromatic rings. The number of hydrogen-bond donors (Lipinski definition) is 3. The molecule has 0 aliphatic carbocycles. The van der Waals surface area contributed by atoms with Gasteiger partial charge in [-0.15, -0.1) is 0 Å². The lowest BCUT2D eigenvalue weighted by Gasteiger charge is -2.35. The lowest BCUT2D eigenvalue weighted by molar-refractivity contribution is -0.125. The van der Waals surface area contributed by atoms with Crippen molar-refractivity contribution in [2.24, 2.45) is 0 Å². The number of likely N-dealkylation sites (tertiary alicyclic amines) is 1. The SMILES string of the molecule is CCNC(=O)NC(=O)[C@H](C)N1CCC(NC(=O)c2ccc(C)o2)CC1. The van der Waals surface area contributed by atoms with Gasteiger partial charge in [-0.05, 0) is 45.7 Å². The topological polar surface area (TPSA) is 104 Å². The summed E-state index contributed by atoms with van der Waals surface area (Å²) in [5, 5.41) is 7.83. The Labute approximate surface area is 147 Å². The largest absolute Gasteiger partial charge is 0.456 e. The van der Waals surface area contributed by atoms with Crippen LogP contribution in [0.4, 0.5) is 4.79 Å². The van der Waals surface area contributed by atoms with E-state index in [1.165, 1.54) is 0 Å². The van der Waals surface area contributed by atoms with Crippen LogP contribution in [0.15, 0.2) is 16.5 Å². The van der Waals surface area contributed by atoms with E-state index in [1.807, 2.05) is 4.90 Å². The Balaban J connectivity index is 1.77. The number of hydrogen-bond acceptors (Lipinski definition) is 5. The first-order valence-corrected chi connectivity index (χ1v) is 8.60. The number of nitrogens with zero attached hydrogens (tertiary/aromatic N) is 1. The van der Waals surface area contributed by atoms with E-state index >= 15 is 0 Å². The Hall–Kier alpha value is -2.35. The maximum absolute atomic E-state index is 12.1. The van der Waals surface area contributed by atoms with Gasteiger partial charge < -0.3 is 15.1 Å². The molecule has 0 spiro atoms. The van der Waals surface area contributed by atoms with Gasteiger partial charge in [0.2, 0.25) is 5.91 Å². The third-order valence-electron chi connectivity index (χ3n) is 4.33. The molecule has 0 aromatic carbocycles. The van der Waals surface area contributed by atoms with Crippen LogP contribution in [0.3, 0.4) is 0 Å². The molecular weight excluding hydrogens is 324 g/mol. The molecule has 1 aromatic heterocycles. The van der Waals surface area contributed by atoms with Gasteiger partial charge in [0.05, 0.1) is 6.04 Å². The summed E-state index contributed by atoms with van der Waals surface area (Å²) in [7, 11) is 0. The van der Waals surface area contributed by atoms with Gasteiger partial charge in [0, 0.05) is 25.7 Å². The summed E-state index contributed by atoms with van der Waals surface area (Å²) in [5.74, 6) is 0.481. The summed E-state index contributed by atoms with van der Waals surface area (Å²) < 4.78 is 5.32. The highest BCUT2D eigenvalue weighted by atomic mass is 16.3. The smallest absolute Gasteiger partial charge is 0.321 e. The van der Waals surface area contributed by atoms with Crippen LogP contribution in [0.5, 0.6) is 0 Å². The van der Waals surface area contributed by atoms with Crippen molar-refractivity contribution in [3.8, 4) is 0 Å². The van der Waals surface area contributed by atoms with Crippen molar-refractivity contribution in [2.45, 2.75) is 45.7 Å². The molecule has 138 valence electrons. The van der Waals surface area contributed by atoms with Gasteiger partial charge in [0.25, 0.3) is 5.91 Å². The second kappa shape index (κ2) is 8.66. The quantitative estimate of drug-likeness (QED) is 0.735. The molecule has 1 aliphatic heterocycles. The summed E-state index contributed by atoms with van der Waals surface area (Å²) in [6.45, 7) is 7.17. The van der Waals surface area contributed by atoms with Gasteiger partial charge >= 0.3 is 6.03 Å². The van der Waals surface area contributed by atoms with E-state index in [0.29, 0.717) is 31.2 Å². The van der Waals surface area contributed by atoms with Gasteiger partial charge in [-0.1, -0.05) is 0 Å². The Kier molecular flexibility index (Phi) is 6.58. The third kappa shape index (κ3) is 5.32. The Morgan fingerprint density at radius 2 is 1.96 bits per heavy atom. The summed E-state index contributed by atoms with van der Waals surface area (Å²) >= 11 is 0. The first kappa shape index (κ1) is 19.0. The minimum atomic E-state index is -0.477. The second-order valence-electron chi connectivity index (χ2n) is 6.22. The number of rotatable bonds is 5. The third-order valence-corrected chi connectivity index (χ3v) is 4.33. The highest BCUT2D eigenvalue weighted by Gasteiger charge is 2.28. The number of urea groups is 1. The molecule has 0 bridgehead atoms. The van der Waals surface area contributed by atoms with Crippen LogP contribution in [0.2, 0.25) is 0 Å². The minimum Gasteiger partial charge on any atom is -0.456 e. The Bertz CT molecular complexity index is 620. The predicted octanol–water partition coefficient (Wildman–Crippen LogP) is 1.02. The van der Waals surface area contributed by atoms with Crippen molar-refractivity contribution in [1.82, 2.24) is 20.9 Å². The van der Waals surface area contributed by atoms with Crippen LogP contribution in [-0.4, -0.2) is 54.5 Å². The monoisotopic (exact) mass is 350 g/mol.